The van der Waals surface area contributed by atoms with E-state index in [1.54, 1.807) is 5.57 Å². The zero-order valence-electron chi connectivity index (χ0n) is 19.8. The molecule has 2 heterocycles. The van der Waals surface area contributed by atoms with Gasteiger partial charge in [-0.05, 0) is 106 Å². The van der Waals surface area contributed by atoms with Crippen molar-refractivity contribution in [3.63, 3.8) is 0 Å². The number of hydrogen-bond acceptors (Lipinski definition) is 3. The quantitative estimate of drug-likeness (QED) is 0.569. The summed E-state index contributed by atoms with van der Waals surface area (Å²) in [5.41, 5.74) is 3.39. The van der Waals surface area contributed by atoms with Crippen LogP contribution in [0.5, 0.6) is 0 Å². The van der Waals surface area contributed by atoms with Crippen LogP contribution < -0.4 is 0 Å². The van der Waals surface area contributed by atoms with Crippen LogP contribution in [0.4, 0.5) is 0 Å². The van der Waals surface area contributed by atoms with Gasteiger partial charge in [0.15, 0.2) is 0 Å². The molecule has 3 unspecified atom stereocenters. The minimum absolute atomic E-state index is 0.181. The Kier molecular flexibility index (Phi) is 3.35. The first-order valence-corrected chi connectivity index (χ1v) is 13.6. The molecule has 5 saturated carbocycles. The van der Waals surface area contributed by atoms with Gasteiger partial charge in [0.05, 0.1) is 17.8 Å². The third-order valence-corrected chi connectivity index (χ3v) is 13.1. The van der Waals surface area contributed by atoms with Gasteiger partial charge in [0.2, 0.25) is 0 Å². The number of ether oxygens (including phenoxy) is 1. The molecule has 0 radical (unpaired) electrons. The Morgan fingerprint density at radius 2 is 1.97 bits per heavy atom. The summed E-state index contributed by atoms with van der Waals surface area (Å²) in [6, 6.07) is 0.701. The second-order valence-corrected chi connectivity index (χ2v) is 13.9. The maximum Gasteiger partial charge on any atom is 0.0793 e. The van der Waals surface area contributed by atoms with Gasteiger partial charge in [-0.15, -0.1) is 0 Å². The lowest BCUT2D eigenvalue weighted by Gasteiger charge is -2.60. The summed E-state index contributed by atoms with van der Waals surface area (Å²) in [5, 5.41) is 10.3. The van der Waals surface area contributed by atoms with Crippen molar-refractivity contribution in [3.8, 4) is 0 Å². The summed E-state index contributed by atoms with van der Waals surface area (Å²) in [6.07, 6.45) is 16.0. The van der Waals surface area contributed by atoms with Gasteiger partial charge in [-0.2, -0.15) is 0 Å². The van der Waals surface area contributed by atoms with E-state index in [0.29, 0.717) is 28.4 Å². The topological polar surface area (TPSA) is 32.7 Å². The van der Waals surface area contributed by atoms with Crippen molar-refractivity contribution in [2.75, 3.05) is 13.6 Å². The highest BCUT2D eigenvalue weighted by atomic mass is 16.5. The summed E-state index contributed by atoms with van der Waals surface area (Å²) in [5.74, 6) is 4.37. The second kappa shape index (κ2) is 5.47. The van der Waals surface area contributed by atoms with E-state index in [4.69, 9.17) is 4.74 Å². The van der Waals surface area contributed by atoms with Gasteiger partial charge in [0, 0.05) is 23.9 Å². The van der Waals surface area contributed by atoms with Crippen molar-refractivity contribution in [2.45, 2.75) is 102 Å². The van der Waals surface area contributed by atoms with E-state index in [1.165, 1.54) is 64.3 Å². The number of aliphatic hydroxyl groups is 1. The highest BCUT2D eigenvalue weighted by Crippen LogP contribution is 2.93. The SMILES string of the molecule is C[C@H]1C[C@H]2O[C@@]34CC[C@H]5[C@@H]6CCC7=C[C@@H](O)CCC7(C)[C@H]6CC56CC63C[C@@H]4[C@@H]2N(C)C1. The molecule has 0 aromatic heterocycles. The molecule has 31 heavy (non-hydrogen) atoms. The minimum Gasteiger partial charge on any atom is -0.389 e. The zero-order chi connectivity index (χ0) is 21.0. The summed E-state index contributed by atoms with van der Waals surface area (Å²) >= 11 is 0. The number of hydrogen-bond donors (Lipinski definition) is 1. The average Bonchev–Trinajstić information content (AvgIpc) is 3.19. The van der Waals surface area contributed by atoms with E-state index in [2.05, 4.69) is 31.9 Å². The van der Waals surface area contributed by atoms with E-state index in [9.17, 15) is 5.11 Å². The molecule has 2 aliphatic heterocycles. The maximum absolute atomic E-state index is 10.3. The van der Waals surface area contributed by atoms with E-state index in [0.717, 1.165) is 36.0 Å². The van der Waals surface area contributed by atoms with Crippen LogP contribution in [0.1, 0.15) is 78.1 Å². The van der Waals surface area contributed by atoms with Crippen molar-refractivity contribution in [1.29, 1.82) is 0 Å². The molecular formula is C28H41NO2. The Morgan fingerprint density at radius 3 is 2.84 bits per heavy atom. The number of likely N-dealkylation sites (N-methyl/N-ethyl adjacent to an activating group) is 1. The van der Waals surface area contributed by atoms with E-state index in [-0.39, 0.29) is 11.7 Å². The van der Waals surface area contributed by atoms with Crippen LogP contribution >= 0.6 is 0 Å². The molecule has 3 heteroatoms. The standard InChI is InChI=1S/C28H41NO2/c1-16-10-23-24(29(3)14-16)22-13-27-15-26(27)12-21-19(20(26)7-9-28(22,27)31-23)5-4-17-11-18(30)6-8-25(17,21)2/h11,16,18-24,30H,4-10,12-15H2,1-3H3/t16-,18-,19-,20-,21-,22+,23+,24-,25?,26?,27?,28+/m0/s1. The maximum atomic E-state index is 10.3. The van der Waals surface area contributed by atoms with Crippen LogP contribution in [0.2, 0.25) is 0 Å². The lowest BCUT2D eigenvalue weighted by atomic mass is 9.47. The minimum atomic E-state index is -0.181. The van der Waals surface area contributed by atoms with Gasteiger partial charge in [-0.3, -0.25) is 0 Å². The fourth-order valence-electron chi connectivity index (χ4n) is 12.1. The Hall–Kier alpha value is -0.380. The molecular weight excluding hydrogens is 382 g/mol. The smallest absolute Gasteiger partial charge is 0.0793 e. The monoisotopic (exact) mass is 423 g/mol. The van der Waals surface area contributed by atoms with Crippen LogP contribution in [0.25, 0.3) is 0 Å². The van der Waals surface area contributed by atoms with Crippen LogP contribution in [-0.2, 0) is 4.74 Å². The summed E-state index contributed by atoms with van der Waals surface area (Å²) in [6.45, 7) is 6.27. The first-order valence-electron chi connectivity index (χ1n) is 13.6. The number of allylic oxidation sites excluding steroid dienone is 1. The van der Waals surface area contributed by atoms with Crippen molar-refractivity contribution in [3.05, 3.63) is 11.6 Å². The van der Waals surface area contributed by atoms with Crippen LogP contribution in [0.15, 0.2) is 11.6 Å². The highest BCUT2D eigenvalue weighted by Gasteiger charge is 2.91. The number of nitrogens with zero attached hydrogens (tertiary/aromatic N) is 1. The number of aliphatic hydroxyl groups excluding tert-OH is 1. The Bertz CT molecular complexity index is 884. The van der Waals surface area contributed by atoms with Gasteiger partial charge < -0.3 is 14.7 Å². The van der Waals surface area contributed by atoms with E-state index >= 15 is 0 Å². The number of likely N-dealkylation sites (tertiary alicyclic amines) is 1. The first-order chi connectivity index (χ1) is 14.8. The zero-order valence-corrected chi connectivity index (χ0v) is 19.8. The van der Waals surface area contributed by atoms with Crippen molar-refractivity contribution < 1.29 is 9.84 Å². The fraction of sp³-hybridized carbons (Fsp3) is 0.929. The molecule has 3 spiro atoms. The highest BCUT2D eigenvalue weighted by molar-refractivity contribution is 5.41. The van der Waals surface area contributed by atoms with Gasteiger partial charge in [-0.1, -0.05) is 25.5 Å². The molecule has 170 valence electrons. The Balaban J connectivity index is 1.15. The third kappa shape index (κ3) is 1.88. The normalized spacial score (nSPS) is 65.7. The van der Waals surface area contributed by atoms with Gasteiger partial charge in [0.25, 0.3) is 0 Å². The molecule has 0 aromatic carbocycles. The number of fused-ring (bicyclic) bond motifs is 6. The molecule has 0 aromatic rings. The second-order valence-electron chi connectivity index (χ2n) is 13.9. The van der Waals surface area contributed by atoms with Crippen molar-refractivity contribution in [2.24, 2.45) is 45.8 Å². The third-order valence-electron chi connectivity index (χ3n) is 13.1. The van der Waals surface area contributed by atoms with Gasteiger partial charge in [0.1, 0.15) is 0 Å². The molecule has 3 nitrogen and oxygen atoms in total. The molecule has 1 N–H and O–H groups in total. The van der Waals surface area contributed by atoms with Gasteiger partial charge >= 0.3 is 0 Å². The van der Waals surface area contributed by atoms with Gasteiger partial charge in [-0.25, -0.2) is 0 Å². The molecule has 8 rings (SSSR count). The first kappa shape index (κ1) is 19.0. The summed E-state index contributed by atoms with van der Waals surface area (Å²) < 4.78 is 7.26. The summed E-state index contributed by atoms with van der Waals surface area (Å²) in [7, 11) is 2.38. The van der Waals surface area contributed by atoms with Crippen LogP contribution in [0, 0.1) is 45.8 Å². The molecule has 2 saturated heterocycles. The average molecular weight is 424 g/mol. The summed E-state index contributed by atoms with van der Waals surface area (Å²) in [4.78, 5) is 2.69. The Morgan fingerprint density at radius 1 is 1.10 bits per heavy atom. The predicted molar refractivity (Wildman–Crippen MR) is 120 cm³/mol. The molecule has 8 aliphatic rings. The van der Waals surface area contributed by atoms with Crippen LogP contribution in [0.3, 0.4) is 0 Å². The lowest BCUT2D eigenvalue weighted by Crippen LogP contribution is -2.64. The lowest BCUT2D eigenvalue weighted by molar-refractivity contribution is -0.211. The largest absolute Gasteiger partial charge is 0.389 e. The number of piperidine rings is 1. The molecule has 12 atom stereocenters. The van der Waals surface area contributed by atoms with Crippen LogP contribution in [-0.4, -0.2) is 47.4 Å². The molecule has 0 amide bonds. The van der Waals surface area contributed by atoms with E-state index < -0.39 is 0 Å². The fourth-order valence-corrected chi connectivity index (χ4v) is 12.1. The number of rotatable bonds is 0. The predicted octanol–water partition coefficient (Wildman–Crippen LogP) is 4.79. The molecule has 7 fully saturated rings. The molecule has 6 aliphatic carbocycles. The van der Waals surface area contributed by atoms with E-state index in [1.807, 2.05) is 0 Å². The molecule has 0 bridgehead atoms. The van der Waals surface area contributed by atoms with Crippen molar-refractivity contribution >= 4 is 0 Å². The van der Waals surface area contributed by atoms with Crippen molar-refractivity contribution in [1.82, 2.24) is 4.90 Å². The Labute approximate surface area is 188 Å².